The number of non-ortho nitro benzene ring substituents is 1. The summed E-state index contributed by atoms with van der Waals surface area (Å²) in [6.07, 6.45) is 5.55. The monoisotopic (exact) mass is 355 g/mol. The van der Waals surface area contributed by atoms with Crippen LogP contribution in [0.2, 0.25) is 0 Å². The van der Waals surface area contributed by atoms with E-state index in [9.17, 15) is 18.5 Å². The summed E-state index contributed by atoms with van der Waals surface area (Å²) in [5, 5.41) is 10.8. The molecule has 1 fully saturated rings. The second-order valence-corrected chi connectivity index (χ2v) is 7.87. The minimum atomic E-state index is -3.71. The number of likely N-dealkylation sites (tertiary alicyclic amines) is 1. The molecule has 2 rings (SSSR count). The van der Waals surface area contributed by atoms with Crippen LogP contribution in [-0.4, -0.2) is 43.9 Å². The van der Waals surface area contributed by atoms with Crippen LogP contribution in [-0.2, 0) is 10.0 Å². The fourth-order valence-electron chi connectivity index (χ4n) is 3.15. The molecule has 0 amide bonds. The first-order valence-electron chi connectivity index (χ1n) is 8.42. The van der Waals surface area contributed by atoms with Crippen LogP contribution in [0.5, 0.6) is 0 Å². The number of hydrogen-bond donors (Lipinski definition) is 1. The molecule has 1 aliphatic heterocycles. The van der Waals surface area contributed by atoms with Crippen molar-refractivity contribution < 1.29 is 13.3 Å². The lowest BCUT2D eigenvalue weighted by atomic mass is 10.00. The van der Waals surface area contributed by atoms with E-state index in [0.29, 0.717) is 12.6 Å². The number of rotatable bonds is 8. The Kier molecular flexibility index (Phi) is 6.70. The molecular formula is C16H25N3O4S. The maximum atomic E-state index is 12.2. The molecule has 1 aromatic carbocycles. The van der Waals surface area contributed by atoms with Crippen LogP contribution in [0.3, 0.4) is 0 Å². The number of nitro benzene ring substituents is 1. The van der Waals surface area contributed by atoms with E-state index in [1.54, 1.807) is 0 Å². The number of piperidine rings is 1. The zero-order valence-corrected chi connectivity index (χ0v) is 14.8. The average molecular weight is 355 g/mol. The number of nitrogens with zero attached hydrogens (tertiary/aromatic N) is 2. The summed E-state index contributed by atoms with van der Waals surface area (Å²) in [4.78, 5) is 12.5. The summed E-state index contributed by atoms with van der Waals surface area (Å²) in [5.74, 6) is 0. The maximum Gasteiger partial charge on any atom is 0.270 e. The Balaban J connectivity index is 1.86. The number of nitro groups is 1. The predicted octanol–water partition coefficient (Wildman–Crippen LogP) is 2.53. The van der Waals surface area contributed by atoms with Crippen LogP contribution < -0.4 is 4.72 Å². The molecule has 0 unspecified atom stereocenters. The molecule has 24 heavy (non-hydrogen) atoms. The number of benzene rings is 1. The molecule has 1 aliphatic rings. The van der Waals surface area contributed by atoms with Crippen LogP contribution in [0.15, 0.2) is 29.2 Å². The normalized spacial score (nSPS) is 19.3. The van der Waals surface area contributed by atoms with Crippen molar-refractivity contribution in [3.05, 3.63) is 34.4 Å². The summed E-state index contributed by atoms with van der Waals surface area (Å²) in [6.45, 7) is 4.47. The minimum Gasteiger partial charge on any atom is -0.300 e. The first-order chi connectivity index (χ1) is 11.4. The molecule has 7 nitrogen and oxygen atoms in total. The molecule has 1 N–H and O–H groups in total. The molecule has 1 atom stereocenters. The van der Waals surface area contributed by atoms with Gasteiger partial charge in [-0.3, -0.25) is 10.1 Å². The van der Waals surface area contributed by atoms with Crippen LogP contribution in [0.1, 0.15) is 39.0 Å². The molecule has 1 heterocycles. The van der Waals surface area contributed by atoms with Gasteiger partial charge in [0, 0.05) is 24.7 Å². The van der Waals surface area contributed by atoms with Crippen molar-refractivity contribution in [2.24, 2.45) is 0 Å². The van der Waals surface area contributed by atoms with Gasteiger partial charge >= 0.3 is 0 Å². The van der Waals surface area contributed by atoms with E-state index in [0.717, 1.165) is 32.0 Å². The van der Waals surface area contributed by atoms with E-state index in [1.807, 2.05) is 0 Å². The Labute approximate surface area is 143 Å². The van der Waals surface area contributed by atoms with E-state index in [2.05, 4.69) is 16.5 Å². The molecule has 0 aromatic heterocycles. The summed E-state index contributed by atoms with van der Waals surface area (Å²) in [5.41, 5.74) is -0.225. The van der Waals surface area contributed by atoms with Crippen LogP contribution >= 0.6 is 0 Å². The fourth-order valence-corrected chi connectivity index (χ4v) is 4.27. The molecule has 134 valence electrons. The van der Waals surface area contributed by atoms with Crippen molar-refractivity contribution in [1.29, 1.82) is 0 Å². The first-order valence-corrected chi connectivity index (χ1v) is 9.90. The van der Waals surface area contributed by atoms with Crippen molar-refractivity contribution in [3.8, 4) is 0 Å². The standard InChI is InChI=1S/C16H25N3O4S/c1-2-14-7-3-4-11-18(14)12-6-10-17-24(22,23)16-9-5-8-15(13-16)19(20)21/h5,8-9,13-14,17H,2-4,6-7,10-12H2,1H3/t14-/m0/s1. The highest BCUT2D eigenvalue weighted by molar-refractivity contribution is 7.89. The Morgan fingerprint density at radius 1 is 1.38 bits per heavy atom. The highest BCUT2D eigenvalue weighted by Crippen LogP contribution is 2.20. The quantitative estimate of drug-likeness (QED) is 0.439. The second kappa shape index (κ2) is 8.55. The third-order valence-corrected chi connectivity index (χ3v) is 5.93. The van der Waals surface area contributed by atoms with Crippen molar-refractivity contribution >= 4 is 15.7 Å². The zero-order chi connectivity index (χ0) is 17.6. The van der Waals surface area contributed by atoms with Crippen molar-refractivity contribution in [2.45, 2.75) is 50.0 Å². The molecular weight excluding hydrogens is 330 g/mol. The van der Waals surface area contributed by atoms with E-state index >= 15 is 0 Å². The van der Waals surface area contributed by atoms with Crippen LogP contribution in [0.25, 0.3) is 0 Å². The Hall–Kier alpha value is -1.51. The highest BCUT2D eigenvalue weighted by Gasteiger charge is 2.21. The number of sulfonamides is 1. The summed E-state index contributed by atoms with van der Waals surface area (Å²) in [7, 11) is -3.71. The first kappa shape index (κ1) is 18.8. The summed E-state index contributed by atoms with van der Waals surface area (Å²) in [6, 6.07) is 5.71. The van der Waals surface area contributed by atoms with E-state index in [1.165, 1.54) is 37.5 Å². The van der Waals surface area contributed by atoms with Crippen molar-refractivity contribution in [1.82, 2.24) is 9.62 Å². The molecule has 0 radical (unpaired) electrons. The van der Waals surface area contributed by atoms with Gasteiger partial charge in [0.2, 0.25) is 10.0 Å². The molecule has 8 heteroatoms. The van der Waals surface area contributed by atoms with E-state index in [4.69, 9.17) is 0 Å². The van der Waals surface area contributed by atoms with Gasteiger partial charge in [0.25, 0.3) is 5.69 Å². The summed E-state index contributed by atoms with van der Waals surface area (Å²) >= 11 is 0. The lowest BCUT2D eigenvalue weighted by molar-refractivity contribution is -0.385. The number of hydrogen-bond acceptors (Lipinski definition) is 5. The third-order valence-electron chi connectivity index (χ3n) is 4.47. The average Bonchev–Trinajstić information content (AvgIpc) is 2.59. The van der Waals surface area contributed by atoms with E-state index in [-0.39, 0.29) is 10.6 Å². The van der Waals surface area contributed by atoms with Gasteiger partial charge in [-0.2, -0.15) is 0 Å². The van der Waals surface area contributed by atoms with Gasteiger partial charge in [0.05, 0.1) is 9.82 Å². The van der Waals surface area contributed by atoms with Gasteiger partial charge in [-0.15, -0.1) is 0 Å². The predicted molar refractivity (Wildman–Crippen MR) is 92.4 cm³/mol. The largest absolute Gasteiger partial charge is 0.300 e. The molecule has 1 aromatic rings. The molecule has 0 bridgehead atoms. The van der Waals surface area contributed by atoms with Gasteiger partial charge in [0.15, 0.2) is 0 Å². The number of nitrogens with one attached hydrogen (secondary N) is 1. The molecule has 1 saturated heterocycles. The lowest BCUT2D eigenvalue weighted by Gasteiger charge is -2.35. The van der Waals surface area contributed by atoms with Gasteiger partial charge < -0.3 is 4.90 Å². The van der Waals surface area contributed by atoms with Crippen LogP contribution in [0.4, 0.5) is 5.69 Å². The third kappa shape index (κ3) is 4.99. The SMILES string of the molecule is CC[C@H]1CCCCN1CCCNS(=O)(=O)c1cccc([N+](=O)[O-])c1. The maximum absolute atomic E-state index is 12.2. The Morgan fingerprint density at radius 3 is 2.88 bits per heavy atom. The van der Waals surface area contributed by atoms with Gasteiger partial charge in [-0.25, -0.2) is 13.1 Å². The topological polar surface area (TPSA) is 92.6 Å². The van der Waals surface area contributed by atoms with Crippen molar-refractivity contribution in [2.75, 3.05) is 19.6 Å². The Bertz CT molecular complexity index is 663. The molecule has 0 aliphatic carbocycles. The Morgan fingerprint density at radius 2 is 2.17 bits per heavy atom. The second-order valence-electron chi connectivity index (χ2n) is 6.10. The van der Waals surface area contributed by atoms with Crippen LogP contribution in [0, 0.1) is 10.1 Å². The molecule has 0 saturated carbocycles. The van der Waals surface area contributed by atoms with Gasteiger partial charge in [-0.05, 0) is 44.8 Å². The smallest absolute Gasteiger partial charge is 0.270 e. The van der Waals surface area contributed by atoms with Crippen molar-refractivity contribution in [3.63, 3.8) is 0 Å². The highest BCUT2D eigenvalue weighted by atomic mass is 32.2. The zero-order valence-electron chi connectivity index (χ0n) is 14.0. The lowest BCUT2D eigenvalue weighted by Crippen LogP contribution is -2.40. The minimum absolute atomic E-state index is 0.0684. The van der Waals surface area contributed by atoms with Gasteiger partial charge in [-0.1, -0.05) is 19.4 Å². The summed E-state index contributed by atoms with van der Waals surface area (Å²) < 4.78 is 27.0. The van der Waals surface area contributed by atoms with Gasteiger partial charge in [0.1, 0.15) is 0 Å². The molecule has 0 spiro atoms. The van der Waals surface area contributed by atoms with E-state index < -0.39 is 14.9 Å². The fraction of sp³-hybridized carbons (Fsp3) is 0.625.